The van der Waals surface area contributed by atoms with E-state index in [4.69, 9.17) is 10.5 Å². The van der Waals surface area contributed by atoms with Gasteiger partial charge in [0.05, 0.1) is 13.2 Å². The molecule has 98 valence electrons. The summed E-state index contributed by atoms with van der Waals surface area (Å²) in [6.45, 7) is 4.74. The lowest BCUT2D eigenvalue weighted by atomic mass is 9.66. The van der Waals surface area contributed by atoms with Crippen molar-refractivity contribution in [1.82, 2.24) is 0 Å². The van der Waals surface area contributed by atoms with Gasteiger partial charge in [-0.15, -0.1) is 0 Å². The van der Waals surface area contributed by atoms with Gasteiger partial charge in [0.1, 0.15) is 0 Å². The Morgan fingerprint density at radius 3 is 2.22 bits per heavy atom. The summed E-state index contributed by atoms with van der Waals surface area (Å²) in [5, 5.41) is 0. The summed E-state index contributed by atoms with van der Waals surface area (Å²) in [4.78, 5) is 0. The quantitative estimate of drug-likeness (QED) is 0.865. The fourth-order valence-corrected chi connectivity index (χ4v) is 3.39. The first-order chi connectivity index (χ1) is 8.76. The minimum atomic E-state index is 0.215. The third kappa shape index (κ3) is 1.63. The molecule has 2 heteroatoms. The molecule has 0 bridgehead atoms. The van der Waals surface area contributed by atoms with E-state index < -0.39 is 0 Å². The minimum Gasteiger partial charge on any atom is -0.379 e. The highest BCUT2D eigenvalue weighted by Crippen LogP contribution is 2.61. The molecule has 2 fully saturated rings. The molecule has 0 spiro atoms. The molecule has 0 aromatic heterocycles. The lowest BCUT2D eigenvalue weighted by Gasteiger charge is -2.48. The van der Waals surface area contributed by atoms with Gasteiger partial charge in [-0.1, -0.05) is 37.6 Å². The number of aryl methyl sites for hydroxylation is 1. The second-order valence-electron chi connectivity index (χ2n) is 6.01. The molecule has 1 aliphatic heterocycles. The highest BCUT2D eigenvalue weighted by molar-refractivity contribution is 5.36. The van der Waals surface area contributed by atoms with Crippen molar-refractivity contribution < 1.29 is 4.74 Å². The molecule has 1 aromatic carbocycles. The maximum absolute atomic E-state index is 6.02. The van der Waals surface area contributed by atoms with Gasteiger partial charge in [0, 0.05) is 5.41 Å². The molecule has 1 aliphatic carbocycles. The summed E-state index contributed by atoms with van der Waals surface area (Å²) < 4.78 is 5.54. The van der Waals surface area contributed by atoms with Crippen LogP contribution in [0.25, 0.3) is 0 Å². The Hall–Kier alpha value is -0.860. The van der Waals surface area contributed by atoms with E-state index in [0.29, 0.717) is 5.41 Å². The van der Waals surface area contributed by atoms with Crippen LogP contribution in [0.1, 0.15) is 37.3 Å². The monoisotopic (exact) mass is 245 g/mol. The zero-order chi connectivity index (χ0) is 12.6. The first-order valence-corrected chi connectivity index (χ1v) is 7.14. The van der Waals surface area contributed by atoms with Gasteiger partial charge in [-0.25, -0.2) is 0 Å². The summed E-state index contributed by atoms with van der Waals surface area (Å²) in [7, 11) is 0. The van der Waals surface area contributed by atoms with Gasteiger partial charge < -0.3 is 10.5 Å². The number of benzene rings is 1. The summed E-state index contributed by atoms with van der Waals surface area (Å²) in [6, 6.07) is 9.18. The minimum absolute atomic E-state index is 0.215. The second-order valence-corrected chi connectivity index (χ2v) is 6.01. The van der Waals surface area contributed by atoms with Gasteiger partial charge in [0.15, 0.2) is 0 Å². The van der Waals surface area contributed by atoms with E-state index in [2.05, 4.69) is 31.2 Å². The average molecular weight is 245 g/mol. The predicted molar refractivity (Wildman–Crippen MR) is 73.7 cm³/mol. The zero-order valence-corrected chi connectivity index (χ0v) is 11.2. The molecule has 2 aliphatic rings. The van der Waals surface area contributed by atoms with Crippen molar-refractivity contribution in [2.45, 2.75) is 38.0 Å². The van der Waals surface area contributed by atoms with Crippen molar-refractivity contribution in [1.29, 1.82) is 0 Å². The molecule has 1 saturated heterocycles. The van der Waals surface area contributed by atoms with Crippen molar-refractivity contribution in [3.05, 3.63) is 35.4 Å². The van der Waals surface area contributed by atoms with Crippen LogP contribution >= 0.6 is 0 Å². The molecule has 0 amide bonds. The number of ether oxygens (including phenoxy) is 1. The molecule has 2 N–H and O–H groups in total. The van der Waals surface area contributed by atoms with Crippen LogP contribution in [0.5, 0.6) is 0 Å². The summed E-state index contributed by atoms with van der Waals surface area (Å²) in [5.74, 6) is 0. The van der Waals surface area contributed by atoms with Gasteiger partial charge >= 0.3 is 0 Å². The topological polar surface area (TPSA) is 35.2 Å². The van der Waals surface area contributed by atoms with Crippen LogP contribution in [-0.2, 0) is 16.6 Å². The number of hydrogen-bond donors (Lipinski definition) is 1. The van der Waals surface area contributed by atoms with E-state index in [1.165, 1.54) is 36.8 Å². The lowest BCUT2D eigenvalue weighted by Crippen LogP contribution is -2.55. The van der Waals surface area contributed by atoms with E-state index >= 15 is 0 Å². The number of rotatable bonds is 5. The van der Waals surface area contributed by atoms with E-state index in [1.54, 1.807) is 0 Å². The van der Waals surface area contributed by atoms with Gasteiger partial charge in [-0.2, -0.15) is 0 Å². The fourth-order valence-electron chi connectivity index (χ4n) is 3.39. The Morgan fingerprint density at radius 2 is 1.83 bits per heavy atom. The molecule has 18 heavy (non-hydrogen) atoms. The van der Waals surface area contributed by atoms with Crippen LogP contribution in [0.3, 0.4) is 0 Å². The predicted octanol–water partition coefficient (Wildman–Crippen LogP) is 2.65. The first-order valence-electron chi connectivity index (χ1n) is 7.14. The van der Waals surface area contributed by atoms with Crippen LogP contribution in [0, 0.1) is 5.41 Å². The Kier molecular flexibility index (Phi) is 2.95. The van der Waals surface area contributed by atoms with Crippen molar-refractivity contribution in [2.75, 3.05) is 19.8 Å². The molecular weight excluding hydrogens is 222 g/mol. The van der Waals surface area contributed by atoms with Crippen molar-refractivity contribution in [3.8, 4) is 0 Å². The second kappa shape index (κ2) is 4.36. The maximum atomic E-state index is 6.02. The normalized spacial score (nSPS) is 23.4. The largest absolute Gasteiger partial charge is 0.379 e. The van der Waals surface area contributed by atoms with Crippen LogP contribution < -0.4 is 5.73 Å². The molecule has 1 aromatic rings. The van der Waals surface area contributed by atoms with Crippen molar-refractivity contribution in [3.63, 3.8) is 0 Å². The Bertz CT molecular complexity index is 415. The molecule has 0 radical (unpaired) electrons. The van der Waals surface area contributed by atoms with E-state index in [-0.39, 0.29) is 5.41 Å². The third-order valence-corrected chi connectivity index (χ3v) is 5.00. The smallest absolute Gasteiger partial charge is 0.0591 e. The molecular formula is C16H23NO. The van der Waals surface area contributed by atoms with E-state index in [0.717, 1.165) is 19.8 Å². The maximum Gasteiger partial charge on any atom is 0.0591 e. The van der Waals surface area contributed by atoms with Gasteiger partial charge in [0.2, 0.25) is 0 Å². The first kappa shape index (κ1) is 12.2. The summed E-state index contributed by atoms with van der Waals surface area (Å²) in [5.41, 5.74) is 9.45. The molecule has 0 atom stereocenters. The fraction of sp³-hybridized carbons (Fsp3) is 0.625. The molecule has 1 saturated carbocycles. The van der Waals surface area contributed by atoms with E-state index in [9.17, 15) is 0 Å². The van der Waals surface area contributed by atoms with Gasteiger partial charge in [-0.05, 0) is 42.3 Å². The zero-order valence-electron chi connectivity index (χ0n) is 11.2. The van der Waals surface area contributed by atoms with Crippen LogP contribution in [0.4, 0.5) is 0 Å². The van der Waals surface area contributed by atoms with Crippen LogP contribution in [-0.4, -0.2) is 19.8 Å². The van der Waals surface area contributed by atoms with E-state index in [1.807, 2.05) is 0 Å². The standard InChI is InChI=1S/C16H23NO/c1-2-3-13-4-6-14(7-5-13)16(11-18-12-16)15(10-17)8-9-15/h4-7H,2-3,8-12,17H2,1H3. The SMILES string of the molecule is CCCc1ccc(C2(C3(CN)CC3)COC2)cc1. The third-order valence-electron chi connectivity index (χ3n) is 5.00. The summed E-state index contributed by atoms with van der Waals surface area (Å²) >= 11 is 0. The molecule has 0 unspecified atom stereocenters. The lowest BCUT2D eigenvalue weighted by molar-refractivity contribution is -0.0973. The average Bonchev–Trinajstić information content (AvgIpc) is 3.12. The Labute approximate surface area is 110 Å². The molecule has 1 heterocycles. The van der Waals surface area contributed by atoms with Gasteiger partial charge in [-0.3, -0.25) is 0 Å². The Morgan fingerprint density at radius 1 is 1.17 bits per heavy atom. The molecule has 3 rings (SSSR count). The molecule has 2 nitrogen and oxygen atoms in total. The van der Waals surface area contributed by atoms with Gasteiger partial charge in [0.25, 0.3) is 0 Å². The Balaban J connectivity index is 1.88. The van der Waals surface area contributed by atoms with Crippen LogP contribution in [0.15, 0.2) is 24.3 Å². The highest BCUT2D eigenvalue weighted by Gasteiger charge is 2.62. The van der Waals surface area contributed by atoms with Crippen LogP contribution in [0.2, 0.25) is 0 Å². The van der Waals surface area contributed by atoms with Crippen molar-refractivity contribution in [2.24, 2.45) is 11.1 Å². The summed E-state index contributed by atoms with van der Waals surface area (Å²) in [6.07, 6.45) is 4.92. The van der Waals surface area contributed by atoms with Crippen molar-refractivity contribution >= 4 is 0 Å². The number of hydrogen-bond acceptors (Lipinski definition) is 2. The highest BCUT2D eigenvalue weighted by atomic mass is 16.5. The number of nitrogens with two attached hydrogens (primary N) is 1.